The van der Waals surface area contributed by atoms with Gasteiger partial charge < -0.3 is 4.74 Å². The maximum absolute atomic E-state index is 11.1. The molecule has 0 aromatic heterocycles. The van der Waals surface area contributed by atoms with Crippen LogP contribution in [0.3, 0.4) is 0 Å². The Labute approximate surface area is 103 Å². The molecule has 0 spiro atoms. The van der Waals surface area contributed by atoms with Gasteiger partial charge in [0.25, 0.3) is 0 Å². The third-order valence-corrected chi connectivity index (χ3v) is 3.76. The minimum absolute atomic E-state index is 0.286. The monoisotopic (exact) mass is 266 g/mol. The van der Waals surface area contributed by atoms with Gasteiger partial charge in [-0.3, -0.25) is 4.79 Å². The predicted octanol–water partition coefficient (Wildman–Crippen LogP) is 3.51. The summed E-state index contributed by atoms with van der Waals surface area (Å²) in [7, 11) is 1.59. The van der Waals surface area contributed by atoms with Crippen molar-refractivity contribution in [3.05, 3.63) is 24.3 Å². The van der Waals surface area contributed by atoms with Crippen molar-refractivity contribution in [2.75, 3.05) is 7.11 Å². The maximum Gasteiger partial charge on any atom is 0.225 e. The highest BCUT2D eigenvalue weighted by molar-refractivity contribution is 8.04. The molecular formula is C10H10Cl2O2S. The van der Waals surface area contributed by atoms with E-state index in [1.165, 1.54) is 6.92 Å². The van der Waals surface area contributed by atoms with E-state index in [-0.39, 0.29) is 5.78 Å². The van der Waals surface area contributed by atoms with E-state index in [9.17, 15) is 4.79 Å². The van der Waals surface area contributed by atoms with Gasteiger partial charge in [-0.1, -0.05) is 35.0 Å². The van der Waals surface area contributed by atoms with E-state index in [0.29, 0.717) is 0 Å². The Morgan fingerprint density at radius 1 is 1.33 bits per heavy atom. The molecule has 0 saturated carbocycles. The fourth-order valence-corrected chi connectivity index (χ4v) is 2.11. The summed E-state index contributed by atoms with van der Waals surface area (Å²) in [6, 6.07) is 7.16. The van der Waals surface area contributed by atoms with Crippen molar-refractivity contribution >= 4 is 40.7 Å². The zero-order chi connectivity index (χ0) is 11.5. The Hall–Kier alpha value is -0.380. The molecule has 15 heavy (non-hydrogen) atoms. The molecule has 2 nitrogen and oxygen atoms in total. The third kappa shape index (κ3) is 3.59. The molecule has 0 amide bonds. The van der Waals surface area contributed by atoms with Gasteiger partial charge in [-0.2, -0.15) is 0 Å². The second-order valence-corrected chi connectivity index (χ2v) is 5.91. The van der Waals surface area contributed by atoms with Crippen LogP contribution >= 0.6 is 35.0 Å². The smallest absolute Gasteiger partial charge is 0.225 e. The summed E-state index contributed by atoms with van der Waals surface area (Å²) in [5.41, 5.74) is 0. The van der Waals surface area contributed by atoms with Crippen LogP contribution in [0.15, 0.2) is 29.2 Å². The van der Waals surface area contributed by atoms with Crippen molar-refractivity contribution in [2.45, 2.75) is 15.5 Å². The fraction of sp³-hybridized carbons (Fsp3) is 0.300. The SMILES string of the molecule is COc1ccc(S[13C](Cl)(Cl)[13C](C)=O)cc1. The molecule has 1 aromatic carbocycles. The van der Waals surface area contributed by atoms with Gasteiger partial charge in [-0.15, -0.1) is 0 Å². The fourth-order valence-electron chi connectivity index (χ4n) is 0.864. The zero-order valence-electron chi connectivity index (χ0n) is 8.29. The zero-order valence-corrected chi connectivity index (χ0v) is 10.6. The van der Waals surface area contributed by atoms with Gasteiger partial charge in [-0.25, -0.2) is 0 Å². The van der Waals surface area contributed by atoms with Crippen molar-refractivity contribution in [3.8, 4) is 5.75 Å². The second-order valence-electron chi connectivity index (χ2n) is 2.85. The lowest BCUT2D eigenvalue weighted by molar-refractivity contribution is -0.116. The van der Waals surface area contributed by atoms with Crippen molar-refractivity contribution < 1.29 is 9.53 Å². The van der Waals surface area contributed by atoms with Crippen molar-refractivity contribution in [3.63, 3.8) is 0 Å². The molecule has 0 saturated heterocycles. The first kappa shape index (κ1) is 12.7. The standard InChI is InChI=1S/C10H10Cl2O2S/c1-7(13)10(11,12)15-9-5-3-8(14-2)4-6-9/h3-6H,1-2H3/i7+1,10+1. The van der Waals surface area contributed by atoms with Gasteiger partial charge in [0.1, 0.15) is 5.75 Å². The highest BCUT2D eigenvalue weighted by Gasteiger charge is 2.31. The number of halogens is 2. The lowest BCUT2D eigenvalue weighted by atomic mass is 10.3. The number of rotatable bonds is 4. The van der Waals surface area contributed by atoms with Crippen LogP contribution in [0.1, 0.15) is 6.92 Å². The van der Waals surface area contributed by atoms with Crippen molar-refractivity contribution in [2.24, 2.45) is 0 Å². The molecule has 0 aliphatic heterocycles. The second kappa shape index (κ2) is 5.10. The molecule has 1 aromatic rings. The number of hydrogen-bond donors (Lipinski definition) is 0. The topological polar surface area (TPSA) is 26.3 Å². The van der Waals surface area contributed by atoms with Crippen LogP contribution in [0.2, 0.25) is 0 Å². The van der Waals surface area contributed by atoms with Crippen LogP contribution in [0.5, 0.6) is 5.75 Å². The molecule has 1 rings (SSSR count). The number of ketones is 1. The molecule has 0 radical (unpaired) electrons. The maximum atomic E-state index is 11.1. The molecule has 0 unspecified atom stereocenters. The number of carbonyl (C=O) groups excluding carboxylic acids is 1. The van der Waals surface area contributed by atoms with E-state index < -0.39 is 3.67 Å². The first-order valence-electron chi connectivity index (χ1n) is 4.17. The summed E-state index contributed by atoms with van der Waals surface area (Å²) < 4.78 is 3.58. The minimum atomic E-state index is -1.42. The van der Waals surface area contributed by atoms with Crippen molar-refractivity contribution in [1.82, 2.24) is 0 Å². The van der Waals surface area contributed by atoms with Gasteiger partial charge in [0.05, 0.1) is 7.11 Å². The summed E-state index contributed by atoms with van der Waals surface area (Å²) in [6.07, 6.45) is 0. The van der Waals surface area contributed by atoms with Gasteiger partial charge >= 0.3 is 0 Å². The molecule has 0 N–H and O–H groups in total. The third-order valence-electron chi connectivity index (χ3n) is 1.72. The van der Waals surface area contributed by atoms with Crippen molar-refractivity contribution in [1.29, 1.82) is 0 Å². The first-order valence-corrected chi connectivity index (χ1v) is 5.75. The summed E-state index contributed by atoms with van der Waals surface area (Å²) in [4.78, 5) is 11.9. The van der Waals surface area contributed by atoms with Gasteiger partial charge in [0.15, 0.2) is 5.78 Å². The average molecular weight is 267 g/mol. The quantitative estimate of drug-likeness (QED) is 0.474. The summed E-state index contributed by atoms with van der Waals surface area (Å²) in [6.45, 7) is 1.36. The number of carbonyl (C=O) groups is 1. The van der Waals surface area contributed by atoms with E-state index >= 15 is 0 Å². The number of thioether (sulfide) groups is 1. The Morgan fingerprint density at radius 3 is 2.27 bits per heavy atom. The highest BCUT2D eigenvalue weighted by Crippen LogP contribution is 2.41. The number of hydrogen-bond acceptors (Lipinski definition) is 3. The van der Waals surface area contributed by atoms with E-state index in [1.54, 1.807) is 31.4 Å². The van der Waals surface area contributed by atoms with Gasteiger partial charge in [0.2, 0.25) is 3.67 Å². The van der Waals surface area contributed by atoms with Crippen LogP contribution < -0.4 is 4.74 Å². The van der Waals surface area contributed by atoms with Crippen LogP contribution in [-0.2, 0) is 4.79 Å². The van der Waals surface area contributed by atoms with Crippen LogP contribution in [-0.4, -0.2) is 16.6 Å². The molecule has 5 heteroatoms. The average Bonchev–Trinajstić information content (AvgIpc) is 2.18. The minimum Gasteiger partial charge on any atom is -0.497 e. The lowest BCUT2D eigenvalue weighted by Gasteiger charge is -2.15. The van der Waals surface area contributed by atoms with Crippen LogP contribution in [0.4, 0.5) is 0 Å². The molecule has 0 fully saturated rings. The summed E-state index contributed by atoms with van der Waals surface area (Å²) in [5, 5.41) is 0. The number of ether oxygens (including phenoxy) is 1. The Balaban J connectivity index is 2.77. The van der Waals surface area contributed by atoms with E-state index in [0.717, 1.165) is 22.4 Å². The van der Waals surface area contributed by atoms with Gasteiger partial charge in [-0.05, 0) is 31.2 Å². The Bertz CT molecular complexity index is 349. The number of Topliss-reactive ketones (excluding diaryl/α,β-unsaturated/α-hetero) is 1. The summed E-state index contributed by atoms with van der Waals surface area (Å²) in [5.74, 6) is 0.462. The van der Waals surface area contributed by atoms with E-state index in [4.69, 9.17) is 27.9 Å². The Morgan fingerprint density at radius 2 is 1.87 bits per heavy atom. The largest absolute Gasteiger partial charge is 0.497 e. The number of methoxy groups -OCH3 is 1. The van der Waals surface area contributed by atoms with Crippen LogP contribution in [0.25, 0.3) is 0 Å². The molecule has 82 valence electrons. The molecular weight excluding hydrogens is 257 g/mol. The Kier molecular flexibility index (Phi) is 4.32. The van der Waals surface area contributed by atoms with E-state index in [2.05, 4.69) is 0 Å². The summed E-state index contributed by atoms with van der Waals surface area (Å²) >= 11 is 12.8. The molecule has 0 bridgehead atoms. The van der Waals surface area contributed by atoms with Gasteiger partial charge in [0, 0.05) is 4.90 Å². The van der Waals surface area contributed by atoms with E-state index in [1.807, 2.05) is 0 Å². The molecule has 0 atom stereocenters. The lowest BCUT2D eigenvalue weighted by Crippen LogP contribution is -2.17. The predicted molar refractivity (Wildman–Crippen MR) is 64.0 cm³/mol. The molecule has 0 aliphatic rings. The molecule has 0 aliphatic carbocycles. The highest BCUT2D eigenvalue weighted by atomic mass is 35.5. The van der Waals surface area contributed by atoms with Crippen LogP contribution in [0, 0.1) is 0 Å². The normalized spacial score (nSPS) is 11.2. The number of benzene rings is 1. The first-order chi connectivity index (χ1) is 6.95. The number of alkyl halides is 2. The molecule has 0 heterocycles.